The van der Waals surface area contributed by atoms with E-state index in [4.69, 9.17) is 16.3 Å². The second kappa shape index (κ2) is 11.1. The van der Waals surface area contributed by atoms with Crippen molar-refractivity contribution in [2.75, 3.05) is 26.5 Å². The van der Waals surface area contributed by atoms with E-state index in [9.17, 15) is 10.1 Å². The molecule has 1 heterocycles. The minimum absolute atomic E-state index is 0.283. The number of benzene rings is 1. The van der Waals surface area contributed by atoms with Crippen LogP contribution < -0.4 is 10.1 Å². The Morgan fingerprint density at radius 2 is 2.19 bits per heavy atom. The molecule has 0 saturated carbocycles. The van der Waals surface area contributed by atoms with Crippen LogP contribution in [-0.4, -0.2) is 46.5 Å². The molecule has 1 N–H and O–H groups in total. The smallest absolute Gasteiger partial charge is 0.234 e. The third-order valence-corrected chi connectivity index (χ3v) is 5.25. The van der Waals surface area contributed by atoms with Gasteiger partial charge in [0.15, 0.2) is 9.50 Å². The van der Waals surface area contributed by atoms with Gasteiger partial charge in [-0.15, -0.1) is 11.3 Å². The minimum Gasteiger partial charge on any atom is -0.497 e. The second-order valence-electron chi connectivity index (χ2n) is 5.41. The Bertz CT molecular complexity index is 770. The van der Waals surface area contributed by atoms with Gasteiger partial charge in [0.05, 0.1) is 12.2 Å². The zero-order valence-corrected chi connectivity index (χ0v) is 17.3. The summed E-state index contributed by atoms with van der Waals surface area (Å²) in [6.45, 7) is 2.58. The lowest BCUT2D eigenvalue weighted by atomic mass is 10.2. The summed E-state index contributed by atoms with van der Waals surface area (Å²) in [7, 11) is 1.64. The summed E-state index contributed by atoms with van der Waals surface area (Å²) < 4.78 is 5.70. The average Bonchev–Trinajstić information content (AvgIpc) is 3.05. The number of nitrogens with zero attached hydrogens (tertiary/aromatic N) is 4. The highest BCUT2D eigenvalue weighted by atomic mass is 35.5. The first kappa shape index (κ1) is 21.4. The fraction of sp³-hybridized carbons (Fsp3) is 0.375. The summed E-state index contributed by atoms with van der Waals surface area (Å²) in [6.07, 6.45) is 3.51. The van der Waals surface area contributed by atoms with E-state index in [0.717, 1.165) is 16.2 Å². The Morgan fingerprint density at radius 1 is 1.44 bits per heavy atom. The van der Waals surface area contributed by atoms with Crippen LogP contribution in [0.4, 0.5) is 0 Å². The van der Waals surface area contributed by atoms with E-state index in [2.05, 4.69) is 20.3 Å². The molecule has 1 aromatic carbocycles. The Kier molecular flexibility index (Phi) is 8.79. The van der Waals surface area contributed by atoms with Gasteiger partial charge < -0.3 is 10.1 Å². The van der Waals surface area contributed by atoms with Crippen LogP contribution in [-0.2, 0) is 13.1 Å². The molecule has 11 heteroatoms. The van der Waals surface area contributed by atoms with E-state index in [1.165, 1.54) is 23.1 Å². The van der Waals surface area contributed by atoms with Crippen LogP contribution in [0.2, 0.25) is 4.47 Å². The molecule has 0 radical (unpaired) electrons. The highest BCUT2D eigenvalue weighted by molar-refractivity contribution is 8.13. The van der Waals surface area contributed by atoms with E-state index in [-0.39, 0.29) is 5.17 Å². The molecule has 8 nitrogen and oxygen atoms in total. The number of ether oxygens (including phenoxy) is 1. The molecule has 1 aromatic heterocycles. The number of methoxy groups -OCH3 is 1. The van der Waals surface area contributed by atoms with Crippen molar-refractivity contribution in [1.29, 1.82) is 0 Å². The molecule has 0 amide bonds. The number of nitro groups is 1. The maximum atomic E-state index is 10.5. The van der Waals surface area contributed by atoms with Gasteiger partial charge in [-0.05, 0) is 24.0 Å². The number of amidine groups is 1. The second-order valence-corrected chi connectivity index (χ2v) is 7.90. The van der Waals surface area contributed by atoms with Crippen molar-refractivity contribution in [1.82, 2.24) is 15.2 Å². The first-order valence-corrected chi connectivity index (χ1v) is 10.4. The molecule has 0 aliphatic carbocycles. The molecule has 2 aromatic rings. The summed E-state index contributed by atoms with van der Waals surface area (Å²) in [5.74, 6) is 0.807. The minimum atomic E-state index is -0.701. The molecular weight excluding hydrogens is 410 g/mol. The number of hydrogen-bond donors (Lipinski definition) is 1. The van der Waals surface area contributed by atoms with Gasteiger partial charge in [0.1, 0.15) is 5.75 Å². The van der Waals surface area contributed by atoms with Gasteiger partial charge in [-0.3, -0.25) is 4.90 Å². The predicted molar refractivity (Wildman–Crippen MR) is 110 cm³/mol. The number of nitrogens with one attached hydrogen (secondary N) is 1. The Morgan fingerprint density at radius 3 is 2.74 bits per heavy atom. The fourth-order valence-electron chi connectivity index (χ4n) is 2.32. The molecule has 0 saturated heterocycles. The Balaban J connectivity index is 2.00. The first-order valence-electron chi connectivity index (χ1n) is 7.96. The standard InChI is InChI=1S/C16H20ClN5O3S2/c1-25-13-5-3-12(4-6-13)10-21(11-14-9-19-15(17)27-14)8-7-18-16(26-2)20-22(23)24/h3-6,9H,7-8,10-11H2,1-2H3,(H,18,20). The van der Waals surface area contributed by atoms with Crippen LogP contribution in [0.3, 0.4) is 0 Å². The summed E-state index contributed by atoms with van der Waals surface area (Å²) in [5, 5.41) is 16.4. The van der Waals surface area contributed by atoms with E-state index in [1.807, 2.05) is 24.3 Å². The number of hydrazone groups is 1. The number of thiazole rings is 1. The van der Waals surface area contributed by atoms with Gasteiger partial charge in [0, 0.05) is 37.3 Å². The molecule has 0 aliphatic heterocycles. The van der Waals surface area contributed by atoms with Crippen molar-refractivity contribution < 1.29 is 9.77 Å². The van der Waals surface area contributed by atoms with Crippen LogP contribution in [0.5, 0.6) is 5.75 Å². The lowest BCUT2D eigenvalue weighted by molar-refractivity contribution is -0.484. The van der Waals surface area contributed by atoms with Crippen LogP contribution >= 0.6 is 34.7 Å². The Labute approximate surface area is 170 Å². The van der Waals surface area contributed by atoms with Crippen LogP contribution in [0.15, 0.2) is 35.6 Å². The van der Waals surface area contributed by atoms with Crippen molar-refractivity contribution in [3.63, 3.8) is 0 Å². The monoisotopic (exact) mass is 429 g/mol. The van der Waals surface area contributed by atoms with E-state index < -0.39 is 5.03 Å². The summed E-state index contributed by atoms with van der Waals surface area (Å²) >= 11 is 8.58. The van der Waals surface area contributed by atoms with Gasteiger partial charge in [-0.25, -0.2) is 15.1 Å². The number of halogens is 1. The van der Waals surface area contributed by atoms with Crippen molar-refractivity contribution in [2.45, 2.75) is 13.1 Å². The van der Waals surface area contributed by atoms with Crippen molar-refractivity contribution in [3.8, 4) is 5.75 Å². The summed E-state index contributed by atoms with van der Waals surface area (Å²) in [6, 6.07) is 7.87. The molecule has 2 rings (SSSR count). The zero-order valence-electron chi connectivity index (χ0n) is 14.9. The maximum absolute atomic E-state index is 10.5. The highest BCUT2D eigenvalue weighted by Crippen LogP contribution is 2.20. The Hall–Kier alpha value is -1.88. The van der Waals surface area contributed by atoms with Crippen molar-refractivity contribution >= 4 is 39.9 Å². The molecule has 0 unspecified atom stereocenters. The van der Waals surface area contributed by atoms with Gasteiger partial charge in [-0.1, -0.05) is 35.5 Å². The van der Waals surface area contributed by atoms with E-state index in [1.54, 1.807) is 19.6 Å². The maximum Gasteiger partial charge on any atom is 0.234 e. The van der Waals surface area contributed by atoms with E-state index in [0.29, 0.717) is 30.6 Å². The van der Waals surface area contributed by atoms with Gasteiger partial charge in [0.2, 0.25) is 5.17 Å². The largest absolute Gasteiger partial charge is 0.497 e. The molecule has 27 heavy (non-hydrogen) atoms. The number of hydrogen-bond acceptors (Lipinski definition) is 7. The summed E-state index contributed by atoms with van der Waals surface area (Å²) in [5.41, 5.74) is 1.13. The number of thioether (sulfide) groups is 1. The van der Waals surface area contributed by atoms with E-state index >= 15 is 0 Å². The van der Waals surface area contributed by atoms with Crippen LogP contribution in [0.1, 0.15) is 10.4 Å². The molecule has 0 aliphatic rings. The van der Waals surface area contributed by atoms with Gasteiger partial charge in [0.25, 0.3) is 0 Å². The van der Waals surface area contributed by atoms with Crippen molar-refractivity contribution in [2.24, 2.45) is 5.10 Å². The first-order chi connectivity index (χ1) is 13.0. The van der Waals surface area contributed by atoms with Crippen molar-refractivity contribution in [3.05, 3.63) is 55.5 Å². The van der Waals surface area contributed by atoms with Crippen LogP contribution in [0, 0.1) is 10.1 Å². The topological polar surface area (TPSA) is 92.9 Å². The zero-order chi connectivity index (χ0) is 19.6. The lowest BCUT2D eigenvalue weighted by Gasteiger charge is -2.22. The fourth-order valence-corrected chi connectivity index (χ4v) is 3.74. The lowest BCUT2D eigenvalue weighted by Crippen LogP contribution is -2.33. The molecular formula is C16H20ClN5O3S2. The molecule has 0 atom stereocenters. The van der Waals surface area contributed by atoms with Gasteiger partial charge >= 0.3 is 0 Å². The highest BCUT2D eigenvalue weighted by Gasteiger charge is 2.11. The SMILES string of the molecule is COc1ccc(CN(CCN/C(=N/[N+](=O)[O-])SC)Cc2cnc(Cl)s2)cc1. The third-order valence-electron chi connectivity index (χ3n) is 3.54. The van der Waals surface area contributed by atoms with Gasteiger partial charge in [-0.2, -0.15) is 0 Å². The molecule has 146 valence electrons. The molecule has 0 bridgehead atoms. The van der Waals surface area contributed by atoms with Crippen LogP contribution in [0.25, 0.3) is 0 Å². The third kappa shape index (κ3) is 7.71. The number of aromatic nitrogens is 1. The predicted octanol–water partition coefficient (Wildman–Crippen LogP) is 3.31. The average molecular weight is 430 g/mol. The number of rotatable bonds is 9. The molecule has 0 spiro atoms. The summed E-state index contributed by atoms with van der Waals surface area (Å²) in [4.78, 5) is 17.9. The quantitative estimate of drug-likeness (QED) is 0.283. The normalized spacial score (nSPS) is 11.6. The molecule has 0 fully saturated rings.